The van der Waals surface area contributed by atoms with E-state index in [1.54, 1.807) is 0 Å². The fraction of sp³-hybridized carbons (Fsp3) is 0.250. The van der Waals surface area contributed by atoms with Crippen molar-refractivity contribution in [3.63, 3.8) is 0 Å². The van der Waals surface area contributed by atoms with Gasteiger partial charge < -0.3 is 5.11 Å². The van der Waals surface area contributed by atoms with Crippen molar-refractivity contribution in [2.45, 2.75) is 12.3 Å². The Kier molecular flexibility index (Phi) is 3.44. The minimum atomic E-state index is -4.67. The Morgan fingerprint density at radius 3 is 2.36 bits per heavy atom. The molecule has 0 bridgehead atoms. The van der Waals surface area contributed by atoms with Gasteiger partial charge in [-0.15, -0.1) is 0 Å². The first-order chi connectivity index (χ1) is 6.32. The zero-order valence-corrected chi connectivity index (χ0v) is 8.99. The fourth-order valence-corrected chi connectivity index (χ4v) is 1.80. The summed E-state index contributed by atoms with van der Waals surface area (Å²) in [5, 5.41) is 9.23. The van der Waals surface area contributed by atoms with Crippen molar-refractivity contribution in [2.24, 2.45) is 0 Å². The first-order valence-corrected chi connectivity index (χ1v) is 4.69. The van der Waals surface area contributed by atoms with Gasteiger partial charge in [0.05, 0.1) is 0 Å². The van der Waals surface area contributed by atoms with Crippen LogP contribution in [0.1, 0.15) is 11.7 Å². The number of alkyl halides is 3. The Morgan fingerprint density at radius 2 is 1.93 bits per heavy atom. The van der Waals surface area contributed by atoms with Crippen molar-refractivity contribution in [1.82, 2.24) is 0 Å². The molecular weight excluding hydrogens is 284 g/mol. The van der Waals surface area contributed by atoms with Crippen LogP contribution in [0, 0.1) is 0 Å². The zero-order chi connectivity index (χ0) is 10.9. The molecule has 1 aromatic carbocycles. The average Bonchev–Trinajstić information content (AvgIpc) is 2.01. The lowest BCUT2D eigenvalue weighted by atomic mass is 10.1. The molecule has 0 amide bonds. The Bertz CT molecular complexity index is 340. The largest absolute Gasteiger partial charge is 0.418 e. The molecule has 0 saturated heterocycles. The van der Waals surface area contributed by atoms with Gasteiger partial charge in [-0.1, -0.05) is 33.6 Å². The molecule has 0 spiro atoms. The van der Waals surface area contributed by atoms with Gasteiger partial charge in [-0.05, 0) is 12.1 Å². The topological polar surface area (TPSA) is 20.2 Å². The SMILES string of the molecule is O[C@@H](c1ccc(Cl)cc1Br)C(F)(F)F. The van der Waals surface area contributed by atoms with Crippen LogP contribution in [-0.2, 0) is 0 Å². The summed E-state index contributed by atoms with van der Waals surface area (Å²) in [6, 6.07) is 3.72. The van der Waals surface area contributed by atoms with E-state index < -0.39 is 12.3 Å². The molecule has 14 heavy (non-hydrogen) atoms. The van der Waals surface area contributed by atoms with Crippen LogP contribution in [0.15, 0.2) is 22.7 Å². The van der Waals surface area contributed by atoms with Crippen LogP contribution in [0.5, 0.6) is 0 Å². The van der Waals surface area contributed by atoms with Gasteiger partial charge in [0.2, 0.25) is 0 Å². The summed E-state index contributed by atoms with van der Waals surface area (Å²) in [5.74, 6) is 0. The molecular formula is C8H5BrClF3O. The second-order valence-electron chi connectivity index (χ2n) is 2.61. The van der Waals surface area contributed by atoms with E-state index in [0.29, 0.717) is 5.02 Å². The monoisotopic (exact) mass is 288 g/mol. The molecule has 0 radical (unpaired) electrons. The number of hydrogen-bond donors (Lipinski definition) is 1. The Balaban J connectivity index is 3.08. The molecule has 0 fully saturated rings. The predicted molar refractivity (Wildman–Crippen MR) is 50.2 cm³/mol. The van der Waals surface area contributed by atoms with Gasteiger partial charge in [-0.3, -0.25) is 0 Å². The molecule has 1 aromatic rings. The summed E-state index contributed by atoms with van der Waals surface area (Å²) in [6.07, 6.45) is -7.16. The lowest BCUT2D eigenvalue weighted by molar-refractivity contribution is -0.207. The van der Waals surface area contributed by atoms with Crippen molar-refractivity contribution in [2.75, 3.05) is 0 Å². The fourth-order valence-electron chi connectivity index (χ4n) is 0.900. The van der Waals surface area contributed by atoms with E-state index >= 15 is 0 Å². The molecule has 0 aromatic heterocycles. The summed E-state index contributed by atoms with van der Waals surface area (Å²) in [5.41, 5.74) is -0.248. The molecule has 1 nitrogen and oxygen atoms in total. The van der Waals surface area contributed by atoms with Crippen molar-refractivity contribution < 1.29 is 18.3 Å². The number of halogens is 5. The van der Waals surface area contributed by atoms with E-state index in [1.807, 2.05) is 0 Å². The maximum absolute atomic E-state index is 12.1. The number of aliphatic hydroxyl groups excluding tert-OH is 1. The van der Waals surface area contributed by atoms with Gasteiger partial charge in [0.25, 0.3) is 0 Å². The number of rotatable bonds is 1. The van der Waals surface area contributed by atoms with Crippen LogP contribution in [-0.4, -0.2) is 11.3 Å². The van der Waals surface area contributed by atoms with Gasteiger partial charge in [0.1, 0.15) is 0 Å². The number of hydrogen-bond acceptors (Lipinski definition) is 1. The summed E-state index contributed by atoms with van der Waals surface area (Å²) in [4.78, 5) is 0. The standard InChI is InChI=1S/C8H5BrClF3O/c9-6-3-4(10)1-2-5(6)7(14)8(11,12)13/h1-3,7,14H/t7-/m0/s1. The van der Waals surface area contributed by atoms with Gasteiger partial charge in [-0.2, -0.15) is 13.2 Å². The van der Waals surface area contributed by atoms with E-state index in [-0.39, 0.29) is 10.0 Å². The molecule has 78 valence electrons. The summed E-state index contributed by atoms with van der Waals surface area (Å²) < 4.78 is 36.5. The van der Waals surface area contributed by atoms with Crippen LogP contribution in [0.4, 0.5) is 13.2 Å². The highest BCUT2D eigenvalue weighted by Crippen LogP contribution is 2.36. The molecule has 0 aliphatic carbocycles. The molecule has 0 aliphatic heterocycles. The third kappa shape index (κ3) is 2.62. The van der Waals surface area contributed by atoms with Gasteiger partial charge >= 0.3 is 6.18 Å². The molecule has 1 atom stereocenters. The first-order valence-electron chi connectivity index (χ1n) is 3.52. The highest BCUT2D eigenvalue weighted by Gasteiger charge is 2.40. The predicted octanol–water partition coefficient (Wildman–Crippen LogP) is 3.70. The average molecular weight is 289 g/mol. The number of aliphatic hydroxyl groups is 1. The quantitative estimate of drug-likeness (QED) is 0.836. The summed E-state index contributed by atoms with van der Waals surface area (Å²) >= 11 is 8.44. The maximum atomic E-state index is 12.1. The molecule has 0 unspecified atom stereocenters. The lowest BCUT2D eigenvalue weighted by Crippen LogP contribution is -2.20. The second kappa shape index (κ2) is 4.08. The normalized spacial score (nSPS) is 14.1. The van der Waals surface area contributed by atoms with Crippen molar-refractivity contribution >= 4 is 27.5 Å². The van der Waals surface area contributed by atoms with Crippen molar-refractivity contribution in [1.29, 1.82) is 0 Å². The second-order valence-corrected chi connectivity index (χ2v) is 3.90. The van der Waals surface area contributed by atoms with Crippen LogP contribution in [0.2, 0.25) is 5.02 Å². The van der Waals surface area contributed by atoms with Crippen LogP contribution in [0.25, 0.3) is 0 Å². The van der Waals surface area contributed by atoms with Gasteiger partial charge in [0, 0.05) is 15.1 Å². The minimum absolute atomic E-state index is 0.134. The van der Waals surface area contributed by atoms with Crippen molar-refractivity contribution in [3.05, 3.63) is 33.3 Å². The van der Waals surface area contributed by atoms with Gasteiger partial charge in [0.15, 0.2) is 6.10 Å². The Labute approximate surface area is 91.6 Å². The van der Waals surface area contributed by atoms with Crippen LogP contribution >= 0.6 is 27.5 Å². The molecule has 1 rings (SSSR count). The van der Waals surface area contributed by atoms with E-state index in [2.05, 4.69) is 15.9 Å². The molecule has 0 heterocycles. The third-order valence-electron chi connectivity index (χ3n) is 1.57. The summed E-state index contributed by atoms with van der Waals surface area (Å²) in [6.45, 7) is 0. The highest BCUT2D eigenvalue weighted by atomic mass is 79.9. The Morgan fingerprint density at radius 1 is 1.36 bits per heavy atom. The Hall–Kier alpha value is -0.260. The zero-order valence-electron chi connectivity index (χ0n) is 6.65. The van der Waals surface area contributed by atoms with Crippen LogP contribution in [0.3, 0.4) is 0 Å². The van der Waals surface area contributed by atoms with E-state index in [9.17, 15) is 13.2 Å². The van der Waals surface area contributed by atoms with E-state index in [0.717, 1.165) is 6.07 Å². The maximum Gasteiger partial charge on any atom is 0.418 e. The molecule has 0 saturated carbocycles. The summed E-state index contributed by atoms with van der Waals surface area (Å²) in [7, 11) is 0. The van der Waals surface area contributed by atoms with E-state index in [4.69, 9.17) is 16.7 Å². The number of benzene rings is 1. The first kappa shape index (κ1) is 11.8. The molecule has 0 aliphatic rings. The lowest BCUT2D eigenvalue weighted by Gasteiger charge is -2.16. The van der Waals surface area contributed by atoms with E-state index in [1.165, 1.54) is 12.1 Å². The highest BCUT2D eigenvalue weighted by molar-refractivity contribution is 9.10. The third-order valence-corrected chi connectivity index (χ3v) is 2.49. The van der Waals surface area contributed by atoms with Gasteiger partial charge in [-0.25, -0.2) is 0 Å². The molecule has 1 N–H and O–H groups in total. The van der Waals surface area contributed by atoms with Crippen LogP contribution < -0.4 is 0 Å². The smallest absolute Gasteiger partial charge is 0.379 e. The van der Waals surface area contributed by atoms with Crippen molar-refractivity contribution in [3.8, 4) is 0 Å². The molecule has 6 heteroatoms. The minimum Gasteiger partial charge on any atom is -0.379 e.